The molecule has 2 aliphatic heterocycles. The lowest BCUT2D eigenvalue weighted by Crippen LogP contribution is -2.33. The Morgan fingerprint density at radius 3 is 2.73 bits per heavy atom. The fourth-order valence-electron chi connectivity index (χ4n) is 2.16. The molecule has 1 fully saturated rings. The van der Waals surface area contributed by atoms with Crippen LogP contribution in [-0.4, -0.2) is 19.8 Å². The standard InChI is InChI=1S/C11H13NO3/c12-8-1-2-10-9(7-8)11(3-4-13-10)14-5-6-15-11/h1-2,7H,3-6,12H2. The minimum atomic E-state index is -0.608. The summed E-state index contributed by atoms with van der Waals surface area (Å²) in [6.45, 7) is 1.89. The zero-order valence-electron chi connectivity index (χ0n) is 8.36. The Bertz CT molecular complexity index is 385. The molecule has 4 heteroatoms. The number of hydrogen-bond acceptors (Lipinski definition) is 4. The number of fused-ring (bicyclic) bond motifs is 2. The van der Waals surface area contributed by atoms with Crippen LogP contribution in [0.15, 0.2) is 18.2 Å². The third kappa shape index (κ3) is 1.29. The summed E-state index contributed by atoms with van der Waals surface area (Å²) in [5, 5.41) is 0. The molecule has 1 saturated heterocycles. The predicted molar refractivity (Wildman–Crippen MR) is 54.5 cm³/mol. The third-order valence-corrected chi connectivity index (χ3v) is 2.86. The molecule has 0 amide bonds. The Kier molecular flexibility index (Phi) is 1.87. The fraction of sp³-hybridized carbons (Fsp3) is 0.455. The van der Waals surface area contributed by atoms with Crippen molar-refractivity contribution in [1.29, 1.82) is 0 Å². The highest BCUT2D eigenvalue weighted by atomic mass is 16.7. The average Bonchev–Trinajstić information content (AvgIpc) is 2.69. The van der Waals surface area contributed by atoms with Gasteiger partial charge in [-0.15, -0.1) is 0 Å². The SMILES string of the molecule is Nc1ccc2c(c1)C1(CCO2)OCCO1. The van der Waals surface area contributed by atoms with Gasteiger partial charge in [-0.05, 0) is 18.2 Å². The van der Waals surface area contributed by atoms with E-state index in [9.17, 15) is 0 Å². The zero-order valence-corrected chi connectivity index (χ0v) is 8.36. The quantitative estimate of drug-likeness (QED) is 0.650. The highest BCUT2D eigenvalue weighted by Crippen LogP contribution is 2.43. The van der Waals surface area contributed by atoms with E-state index in [-0.39, 0.29) is 0 Å². The van der Waals surface area contributed by atoms with Crippen molar-refractivity contribution in [2.45, 2.75) is 12.2 Å². The molecule has 1 spiro atoms. The van der Waals surface area contributed by atoms with Crippen molar-refractivity contribution in [3.8, 4) is 5.75 Å². The molecule has 0 radical (unpaired) electrons. The first-order chi connectivity index (χ1) is 7.30. The molecule has 80 valence electrons. The Morgan fingerprint density at radius 1 is 1.13 bits per heavy atom. The lowest BCUT2D eigenvalue weighted by molar-refractivity contribution is -0.183. The van der Waals surface area contributed by atoms with E-state index in [4.69, 9.17) is 19.9 Å². The van der Waals surface area contributed by atoms with Gasteiger partial charge in [0, 0.05) is 12.1 Å². The largest absolute Gasteiger partial charge is 0.493 e. The van der Waals surface area contributed by atoms with Crippen molar-refractivity contribution in [2.24, 2.45) is 0 Å². The maximum Gasteiger partial charge on any atom is 0.201 e. The van der Waals surface area contributed by atoms with Crippen LogP contribution in [0.4, 0.5) is 5.69 Å². The second kappa shape index (κ2) is 3.12. The molecule has 0 aromatic heterocycles. The van der Waals surface area contributed by atoms with Crippen molar-refractivity contribution >= 4 is 5.69 Å². The fourth-order valence-corrected chi connectivity index (χ4v) is 2.16. The van der Waals surface area contributed by atoms with Crippen LogP contribution in [0, 0.1) is 0 Å². The molecular formula is C11H13NO3. The van der Waals surface area contributed by atoms with Crippen LogP contribution < -0.4 is 10.5 Å². The molecule has 1 aromatic carbocycles. The minimum Gasteiger partial charge on any atom is -0.493 e. The maximum atomic E-state index is 5.77. The van der Waals surface area contributed by atoms with Crippen LogP contribution in [0.2, 0.25) is 0 Å². The number of nitrogens with two attached hydrogens (primary N) is 1. The molecule has 4 nitrogen and oxygen atoms in total. The molecule has 15 heavy (non-hydrogen) atoms. The number of ether oxygens (including phenoxy) is 3. The van der Waals surface area contributed by atoms with Gasteiger partial charge in [0.15, 0.2) is 0 Å². The van der Waals surface area contributed by atoms with E-state index in [2.05, 4.69) is 0 Å². The lowest BCUT2D eigenvalue weighted by Gasteiger charge is -2.33. The first-order valence-electron chi connectivity index (χ1n) is 5.11. The number of hydrogen-bond donors (Lipinski definition) is 1. The van der Waals surface area contributed by atoms with Gasteiger partial charge in [-0.3, -0.25) is 0 Å². The molecule has 0 saturated carbocycles. The molecular weight excluding hydrogens is 194 g/mol. The van der Waals surface area contributed by atoms with E-state index in [1.807, 2.05) is 18.2 Å². The zero-order chi connectivity index (χ0) is 10.3. The normalized spacial score (nSPS) is 22.4. The topological polar surface area (TPSA) is 53.7 Å². The monoisotopic (exact) mass is 207 g/mol. The van der Waals surface area contributed by atoms with Crippen molar-refractivity contribution < 1.29 is 14.2 Å². The molecule has 2 aliphatic rings. The molecule has 0 aliphatic carbocycles. The Morgan fingerprint density at radius 2 is 1.93 bits per heavy atom. The first kappa shape index (κ1) is 9.00. The van der Waals surface area contributed by atoms with Gasteiger partial charge in [0.05, 0.1) is 25.4 Å². The van der Waals surface area contributed by atoms with E-state index >= 15 is 0 Å². The van der Waals surface area contributed by atoms with E-state index in [0.29, 0.717) is 25.5 Å². The van der Waals surface area contributed by atoms with E-state index in [0.717, 1.165) is 17.7 Å². The van der Waals surface area contributed by atoms with Crippen molar-refractivity contribution in [3.63, 3.8) is 0 Å². The van der Waals surface area contributed by atoms with Crippen LogP contribution in [-0.2, 0) is 15.3 Å². The second-order valence-electron chi connectivity index (χ2n) is 3.80. The van der Waals surface area contributed by atoms with Gasteiger partial charge in [0.1, 0.15) is 5.75 Å². The molecule has 2 heterocycles. The summed E-state index contributed by atoms with van der Waals surface area (Å²) >= 11 is 0. The van der Waals surface area contributed by atoms with Crippen LogP contribution in [0.3, 0.4) is 0 Å². The summed E-state index contributed by atoms with van der Waals surface area (Å²) in [6.07, 6.45) is 0.726. The molecule has 0 unspecified atom stereocenters. The van der Waals surface area contributed by atoms with Gasteiger partial charge in [-0.2, -0.15) is 0 Å². The molecule has 0 bridgehead atoms. The molecule has 2 N–H and O–H groups in total. The van der Waals surface area contributed by atoms with Gasteiger partial charge in [0.2, 0.25) is 5.79 Å². The van der Waals surface area contributed by atoms with Crippen LogP contribution in [0.25, 0.3) is 0 Å². The van der Waals surface area contributed by atoms with Gasteiger partial charge >= 0.3 is 0 Å². The van der Waals surface area contributed by atoms with E-state index in [1.165, 1.54) is 0 Å². The predicted octanol–water partition coefficient (Wildman–Crippen LogP) is 1.25. The summed E-state index contributed by atoms with van der Waals surface area (Å²) in [6, 6.07) is 5.57. The summed E-state index contributed by atoms with van der Waals surface area (Å²) < 4.78 is 17.0. The highest BCUT2D eigenvalue weighted by molar-refractivity contribution is 5.50. The first-order valence-corrected chi connectivity index (χ1v) is 5.11. The molecule has 0 atom stereocenters. The second-order valence-corrected chi connectivity index (χ2v) is 3.80. The summed E-state index contributed by atoms with van der Waals surface area (Å²) in [5.41, 5.74) is 7.39. The number of benzene rings is 1. The number of anilines is 1. The highest BCUT2D eigenvalue weighted by Gasteiger charge is 2.43. The van der Waals surface area contributed by atoms with Gasteiger partial charge < -0.3 is 19.9 Å². The Labute approximate surface area is 87.9 Å². The van der Waals surface area contributed by atoms with Crippen LogP contribution in [0.5, 0.6) is 5.75 Å². The smallest absolute Gasteiger partial charge is 0.201 e. The summed E-state index contributed by atoms with van der Waals surface area (Å²) in [5.74, 6) is 0.209. The van der Waals surface area contributed by atoms with Crippen molar-refractivity contribution in [3.05, 3.63) is 23.8 Å². The average molecular weight is 207 g/mol. The minimum absolute atomic E-state index is 0.608. The number of rotatable bonds is 0. The van der Waals surface area contributed by atoms with Gasteiger partial charge in [-0.25, -0.2) is 0 Å². The maximum absolute atomic E-state index is 5.77. The van der Waals surface area contributed by atoms with Crippen LogP contribution in [0.1, 0.15) is 12.0 Å². The van der Waals surface area contributed by atoms with Crippen LogP contribution >= 0.6 is 0 Å². The van der Waals surface area contributed by atoms with Gasteiger partial charge in [-0.1, -0.05) is 0 Å². The van der Waals surface area contributed by atoms with E-state index in [1.54, 1.807) is 0 Å². The Balaban J connectivity index is 2.12. The molecule has 3 rings (SSSR count). The Hall–Kier alpha value is -1.26. The van der Waals surface area contributed by atoms with Gasteiger partial charge in [0.25, 0.3) is 0 Å². The molecule has 1 aromatic rings. The van der Waals surface area contributed by atoms with Crippen molar-refractivity contribution in [1.82, 2.24) is 0 Å². The third-order valence-electron chi connectivity index (χ3n) is 2.86. The summed E-state index contributed by atoms with van der Waals surface area (Å²) in [4.78, 5) is 0. The van der Waals surface area contributed by atoms with Crippen molar-refractivity contribution in [2.75, 3.05) is 25.6 Å². The van der Waals surface area contributed by atoms with E-state index < -0.39 is 5.79 Å². The number of nitrogen functional groups attached to an aromatic ring is 1. The lowest BCUT2D eigenvalue weighted by atomic mass is 9.98. The summed E-state index contributed by atoms with van der Waals surface area (Å²) in [7, 11) is 0.